The summed E-state index contributed by atoms with van der Waals surface area (Å²) in [5.74, 6) is -1.81. The maximum Gasteiger partial charge on any atom is 0.328 e. The van der Waals surface area contributed by atoms with Crippen molar-refractivity contribution in [2.45, 2.75) is 13.3 Å². The predicted octanol–water partition coefficient (Wildman–Crippen LogP) is 2.43. The van der Waals surface area contributed by atoms with Gasteiger partial charge in [-0.25, -0.2) is 9.59 Å². The van der Waals surface area contributed by atoms with Crippen LogP contribution in [0.2, 0.25) is 0 Å². The van der Waals surface area contributed by atoms with E-state index in [0.29, 0.717) is 24.6 Å². The van der Waals surface area contributed by atoms with E-state index in [1.54, 1.807) is 0 Å². The SMILES string of the molecule is Cc1c(OCCCN(C)C)n[nH]c1-c1ccccc1.O=C(O)C=CC(=O)O. The first kappa shape index (κ1) is 21.9. The molecule has 27 heavy (non-hydrogen) atoms. The monoisotopic (exact) mass is 375 g/mol. The molecule has 0 amide bonds. The van der Waals surface area contributed by atoms with Crippen molar-refractivity contribution in [3.8, 4) is 17.1 Å². The molecule has 2 rings (SSSR count). The number of nitrogens with one attached hydrogen (secondary N) is 1. The van der Waals surface area contributed by atoms with Crippen LogP contribution in [0.4, 0.5) is 0 Å². The molecule has 0 aliphatic carbocycles. The first-order valence-corrected chi connectivity index (χ1v) is 8.33. The van der Waals surface area contributed by atoms with Gasteiger partial charge in [0.05, 0.1) is 12.3 Å². The zero-order valence-electron chi connectivity index (χ0n) is 15.7. The van der Waals surface area contributed by atoms with Crippen LogP contribution < -0.4 is 4.74 Å². The molecule has 8 nitrogen and oxygen atoms in total. The molecule has 0 aliphatic rings. The minimum atomic E-state index is -1.26. The lowest BCUT2D eigenvalue weighted by molar-refractivity contribution is -0.134. The van der Waals surface area contributed by atoms with Gasteiger partial charge in [0.2, 0.25) is 5.88 Å². The summed E-state index contributed by atoms with van der Waals surface area (Å²) < 4.78 is 5.72. The average molecular weight is 375 g/mol. The highest BCUT2D eigenvalue weighted by molar-refractivity contribution is 5.89. The largest absolute Gasteiger partial charge is 0.478 e. The first-order chi connectivity index (χ1) is 12.8. The van der Waals surface area contributed by atoms with Crippen molar-refractivity contribution in [2.75, 3.05) is 27.2 Å². The molecule has 1 heterocycles. The molecule has 0 saturated heterocycles. The van der Waals surface area contributed by atoms with Gasteiger partial charge < -0.3 is 19.8 Å². The lowest BCUT2D eigenvalue weighted by Gasteiger charge is -2.09. The van der Waals surface area contributed by atoms with Crippen molar-refractivity contribution < 1.29 is 24.5 Å². The maximum atomic E-state index is 9.55. The first-order valence-electron chi connectivity index (χ1n) is 8.33. The Morgan fingerprint density at radius 3 is 2.26 bits per heavy atom. The van der Waals surface area contributed by atoms with E-state index in [1.807, 2.05) is 25.1 Å². The third kappa shape index (κ3) is 8.68. The molecule has 1 aromatic heterocycles. The van der Waals surface area contributed by atoms with Crippen molar-refractivity contribution in [2.24, 2.45) is 0 Å². The highest BCUT2D eigenvalue weighted by Gasteiger charge is 2.11. The molecule has 0 atom stereocenters. The van der Waals surface area contributed by atoms with E-state index in [9.17, 15) is 9.59 Å². The molecular weight excluding hydrogens is 350 g/mol. The molecule has 0 fully saturated rings. The minimum Gasteiger partial charge on any atom is -0.478 e. The van der Waals surface area contributed by atoms with Crippen molar-refractivity contribution in [1.82, 2.24) is 15.1 Å². The predicted molar refractivity (Wildman–Crippen MR) is 102 cm³/mol. The average Bonchev–Trinajstić information content (AvgIpc) is 2.99. The van der Waals surface area contributed by atoms with Crippen LogP contribution >= 0.6 is 0 Å². The molecule has 0 radical (unpaired) electrons. The highest BCUT2D eigenvalue weighted by Crippen LogP contribution is 2.26. The summed E-state index contributed by atoms with van der Waals surface area (Å²) in [6.07, 6.45) is 2.12. The summed E-state index contributed by atoms with van der Waals surface area (Å²) in [4.78, 5) is 21.3. The van der Waals surface area contributed by atoms with Crippen LogP contribution in [0, 0.1) is 6.92 Å². The fourth-order valence-corrected chi connectivity index (χ4v) is 2.10. The van der Waals surface area contributed by atoms with Crippen molar-refractivity contribution in [3.63, 3.8) is 0 Å². The third-order valence-corrected chi connectivity index (χ3v) is 3.38. The van der Waals surface area contributed by atoms with Gasteiger partial charge in [0.1, 0.15) is 0 Å². The van der Waals surface area contributed by atoms with E-state index < -0.39 is 11.9 Å². The summed E-state index contributed by atoms with van der Waals surface area (Å²) in [5.41, 5.74) is 3.23. The van der Waals surface area contributed by atoms with Crippen LogP contribution in [0.3, 0.4) is 0 Å². The number of nitrogens with zero attached hydrogens (tertiary/aromatic N) is 2. The Labute approximate surface area is 158 Å². The van der Waals surface area contributed by atoms with Gasteiger partial charge in [-0.2, -0.15) is 0 Å². The quantitative estimate of drug-likeness (QED) is 0.479. The molecule has 0 aliphatic heterocycles. The number of aromatic amines is 1. The summed E-state index contributed by atoms with van der Waals surface area (Å²) in [6, 6.07) is 10.2. The molecule has 0 unspecified atom stereocenters. The molecular formula is C19H25N3O5. The lowest BCUT2D eigenvalue weighted by Crippen LogP contribution is -2.15. The Morgan fingerprint density at radius 2 is 1.74 bits per heavy atom. The lowest BCUT2D eigenvalue weighted by atomic mass is 10.1. The van der Waals surface area contributed by atoms with Gasteiger partial charge in [-0.05, 0) is 33.0 Å². The molecule has 0 spiro atoms. The maximum absolute atomic E-state index is 9.55. The van der Waals surface area contributed by atoms with Crippen LogP contribution in [0.1, 0.15) is 12.0 Å². The van der Waals surface area contributed by atoms with E-state index in [0.717, 1.165) is 29.8 Å². The summed E-state index contributed by atoms with van der Waals surface area (Å²) >= 11 is 0. The van der Waals surface area contributed by atoms with Crippen molar-refractivity contribution in [1.29, 1.82) is 0 Å². The van der Waals surface area contributed by atoms with Gasteiger partial charge in [-0.3, -0.25) is 5.10 Å². The standard InChI is InChI=1S/C15H21N3O.C4H4O4/c1-12-14(13-8-5-4-6-9-13)16-17-15(12)19-11-7-10-18(2)3;5-3(6)1-2-4(7)8/h4-6,8-9H,7,10-11H2,1-3H3,(H,16,17);1-2H,(H,5,6)(H,7,8). The number of ether oxygens (including phenoxy) is 1. The van der Waals surface area contributed by atoms with Crippen LogP contribution in [0.15, 0.2) is 42.5 Å². The van der Waals surface area contributed by atoms with E-state index in [1.165, 1.54) is 0 Å². The van der Waals surface area contributed by atoms with Crippen molar-refractivity contribution in [3.05, 3.63) is 48.0 Å². The second-order valence-corrected chi connectivity index (χ2v) is 5.91. The van der Waals surface area contributed by atoms with Crippen LogP contribution in [0.5, 0.6) is 5.88 Å². The highest BCUT2D eigenvalue weighted by atomic mass is 16.5. The van der Waals surface area contributed by atoms with Crippen molar-refractivity contribution >= 4 is 11.9 Å². The summed E-state index contributed by atoms with van der Waals surface area (Å²) in [6.45, 7) is 3.75. The number of benzene rings is 1. The number of carboxylic acids is 2. The van der Waals surface area contributed by atoms with E-state index >= 15 is 0 Å². The van der Waals surface area contributed by atoms with Gasteiger partial charge in [-0.15, -0.1) is 5.10 Å². The van der Waals surface area contributed by atoms with Gasteiger partial charge in [0.15, 0.2) is 0 Å². The summed E-state index contributed by atoms with van der Waals surface area (Å²) in [7, 11) is 4.13. The zero-order valence-corrected chi connectivity index (χ0v) is 15.7. The normalized spacial score (nSPS) is 10.5. The van der Waals surface area contributed by atoms with Gasteiger partial charge in [0, 0.05) is 24.3 Å². The van der Waals surface area contributed by atoms with Gasteiger partial charge >= 0.3 is 11.9 Å². The Kier molecular flexibility index (Phi) is 9.32. The number of H-pyrrole nitrogens is 1. The Balaban J connectivity index is 0.000000387. The number of rotatable bonds is 8. The van der Waals surface area contributed by atoms with E-state index in [4.69, 9.17) is 14.9 Å². The Bertz CT molecular complexity index is 738. The molecule has 3 N–H and O–H groups in total. The summed E-state index contributed by atoms with van der Waals surface area (Å²) in [5, 5.41) is 22.9. The third-order valence-electron chi connectivity index (χ3n) is 3.38. The number of carbonyl (C=O) groups is 2. The fourth-order valence-electron chi connectivity index (χ4n) is 2.10. The Morgan fingerprint density at radius 1 is 1.15 bits per heavy atom. The molecule has 0 saturated carbocycles. The topological polar surface area (TPSA) is 116 Å². The number of hydrogen-bond donors (Lipinski definition) is 3. The number of carboxylic acid groups (broad SMARTS) is 2. The van der Waals surface area contributed by atoms with Crippen LogP contribution in [0.25, 0.3) is 11.3 Å². The zero-order chi connectivity index (χ0) is 20.2. The van der Waals surface area contributed by atoms with Gasteiger partial charge in [0.25, 0.3) is 0 Å². The molecule has 2 aromatic rings. The van der Waals surface area contributed by atoms with E-state index in [2.05, 4.69) is 41.3 Å². The second kappa shape index (κ2) is 11.5. The van der Waals surface area contributed by atoms with E-state index in [-0.39, 0.29) is 0 Å². The molecule has 8 heteroatoms. The number of aliphatic carboxylic acids is 2. The second-order valence-electron chi connectivity index (χ2n) is 5.91. The minimum absolute atomic E-state index is 0.558. The smallest absolute Gasteiger partial charge is 0.328 e. The van der Waals surface area contributed by atoms with Gasteiger partial charge in [-0.1, -0.05) is 30.3 Å². The van der Waals surface area contributed by atoms with Crippen LogP contribution in [-0.4, -0.2) is 64.5 Å². The molecule has 0 bridgehead atoms. The number of aromatic nitrogens is 2. The van der Waals surface area contributed by atoms with Crippen LogP contribution in [-0.2, 0) is 9.59 Å². The fraction of sp³-hybridized carbons (Fsp3) is 0.316. The Hall–Kier alpha value is -3.13. The number of hydrogen-bond acceptors (Lipinski definition) is 5. The molecule has 146 valence electrons. The molecule has 1 aromatic carbocycles.